The number of carbonyl (C=O) groups excluding carboxylic acids is 1. The van der Waals surface area contributed by atoms with Crippen LogP contribution < -0.4 is 10.9 Å². The Balaban J connectivity index is 1.47. The Morgan fingerprint density at radius 2 is 2.26 bits per heavy atom. The van der Waals surface area contributed by atoms with Crippen LogP contribution >= 0.6 is 0 Å². The molecule has 1 aliphatic heterocycles. The van der Waals surface area contributed by atoms with Gasteiger partial charge >= 0.3 is 0 Å². The van der Waals surface area contributed by atoms with Gasteiger partial charge in [-0.15, -0.1) is 10.2 Å². The first-order valence-electron chi connectivity index (χ1n) is 9.10. The lowest BCUT2D eigenvalue weighted by Crippen LogP contribution is -2.31. The van der Waals surface area contributed by atoms with Gasteiger partial charge in [-0.05, 0) is 50.0 Å². The number of carbonyl (C=O) groups is 1. The van der Waals surface area contributed by atoms with Gasteiger partial charge in [0.25, 0.3) is 11.5 Å². The molecule has 2 N–H and O–H groups in total. The zero-order valence-electron chi connectivity index (χ0n) is 15.2. The second-order valence-electron chi connectivity index (χ2n) is 7.01. The van der Waals surface area contributed by atoms with Crippen molar-refractivity contribution >= 4 is 11.6 Å². The monoisotopic (exact) mass is 366 g/mol. The van der Waals surface area contributed by atoms with E-state index in [-0.39, 0.29) is 23.7 Å². The number of nitrogens with one attached hydrogen (secondary N) is 2. The van der Waals surface area contributed by atoms with Crippen molar-refractivity contribution in [3.05, 3.63) is 64.0 Å². The minimum Gasteiger partial charge on any atom is -0.345 e. The first kappa shape index (κ1) is 17.4. The standard InChI is InChI=1S/C19H22N6O2/c1-24-8-3-6-15(12-24)13-4-2-5-14(10-13)18(26)21-11-16-22-23-17-19(27)20-7-9-25(16)17/h2,4-5,7,9-10,15H,3,6,8,11-12H2,1H3,(H,20,27)(H,21,26). The molecule has 1 amide bonds. The van der Waals surface area contributed by atoms with Crippen LogP contribution in [0.25, 0.3) is 5.65 Å². The number of fused-ring (bicyclic) bond motifs is 1. The largest absolute Gasteiger partial charge is 0.345 e. The van der Waals surface area contributed by atoms with Crippen LogP contribution in [-0.2, 0) is 6.54 Å². The van der Waals surface area contributed by atoms with Crippen molar-refractivity contribution in [3.8, 4) is 0 Å². The van der Waals surface area contributed by atoms with Crippen LogP contribution in [0.1, 0.15) is 40.5 Å². The lowest BCUT2D eigenvalue weighted by molar-refractivity contribution is 0.0949. The van der Waals surface area contributed by atoms with E-state index >= 15 is 0 Å². The van der Waals surface area contributed by atoms with E-state index in [0.29, 0.717) is 17.3 Å². The highest BCUT2D eigenvalue weighted by molar-refractivity contribution is 5.94. The molecule has 1 atom stereocenters. The van der Waals surface area contributed by atoms with E-state index in [9.17, 15) is 9.59 Å². The summed E-state index contributed by atoms with van der Waals surface area (Å²) in [6.45, 7) is 2.34. The SMILES string of the molecule is CN1CCCC(c2cccc(C(=O)NCc3nnc4c(=O)[nH]ccn34)c2)C1. The summed E-state index contributed by atoms with van der Waals surface area (Å²) in [4.78, 5) is 29.2. The molecule has 1 saturated heterocycles. The molecule has 0 saturated carbocycles. The highest BCUT2D eigenvalue weighted by Crippen LogP contribution is 2.26. The Bertz CT molecular complexity index is 1020. The molecular formula is C19H22N6O2. The van der Waals surface area contributed by atoms with Crippen LogP contribution in [0.5, 0.6) is 0 Å². The number of piperidine rings is 1. The fourth-order valence-electron chi connectivity index (χ4n) is 3.64. The molecule has 2 aromatic heterocycles. The van der Waals surface area contributed by atoms with Gasteiger partial charge in [-0.25, -0.2) is 0 Å². The number of rotatable bonds is 4. The third-order valence-electron chi connectivity index (χ3n) is 5.06. The molecule has 1 fully saturated rings. The van der Waals surface area contributed by atoms with Crippen LogP contribution in [0.3, 0.4) is 0 Å². The number of likely N-dealkylation sites (N-methyl/N-ethyl adjacent to an activating group) is 1. The average Bonchev–Trinajstić information content (AvgIpc) is 3.11. The number of likely N-dealkylation sites (tertiary alicyclic amines) is 1. The van der Waals surface area contributed by atoms with E-state index in [1.807, 2.05) is 18.2 Å². The van der Waals surface area contributed by atoms with Gasteiger partial charge < -0.3 is 15.2 Å². The van der Waals surface area contributed by atoms with Crippen molar-refractivity contribution in [3.63, 3.8) is 0 Å². The van der Waals surface area contributed by atoms with Crippen LogP contribution in [0.2, 0.25) is 0 Å². The Labute approximate surface area is 156 Å². The van der Waals surface area contributed by atoms with Crippen LogP contribution in [-0.4, -0.2) is 50.5 Å². The maximum absolute atomic E-state index is 12.6. The summed E-state index contributed by atoms with van der Waals surface area (Å²) in [5.74, 6) is 0.806. The molecule has 27 heavy (non-hydrogen) atoms. The summed E-state index contributed by atoms with van der Waals surface area (Å²) in [6, 6.07) is 7.83. The number of H-pyrrole nitrogens is 1. The highest BCUT2D eigenvalue weighted by atomic mass is 16.1. The minimum atomic E-state index is -0.312. The Hall–Kier alpha value is -3.00. The van der Waals surface area contributed by atoms with Gasteiger partial charge in [0.1, 0.15) is 0 Å². The Morgan fingerprint density at radius 3 is 3.11 bits per heavy atom. The molecule has 1 aromatic carbocycles. The molecule has 1 aliphatic rings. The summed E-state index contributed by atoms with van der Waals surface area (Å²) >= 11 is 0. The number of benzene rings is 1. The van der Waals surface area contributed by atoms with Gasteiger partial charge in [0.05, 0.1) is 6.54 Å². The van der Waals surface area contributed by atoms with Crippen LogP contribution in [0.4, 0.5) is 0 Å². The predicted molar refractivity (Wildman–Crippen MR) is 101 cm³/mol. The summed E-state index contributed by atoms with van der Waals surface area (Å²) in [7, 11) is 2.14. The normalized spacial score (nSPS) is 17.9. The quantitative estimate of drug-likeness (QED) is 0.722. The first-order chi connectivity index (χ1) is 13.1. The van der Waals surface area contributed by atoms with Crippen molar-refractivity contribution in [2.45, 2.75) is 25.3 Å². The molecule has 140 valence electrons. The second kappa shape index (κ2) is 7.32. The number of hydrogen-bond acceptors (Lipinski definition) is 5. The van der Waals surface area contributed by atoms with Gasteiger partial charge in [0.2, 0.25) is 5.65 Å². The van der Waals surface area contributed by atoms with E-state index in [2.05, 4.69) is 38.5 Å². The summed E-state index contributed by atoms with van der Waals surface area (Å²) < 4.78 is 1.58. The van der Waals surface area contributed by atoms with Crippen molar-refractivity contribution in [1.29, 1.82) is 0 Å². The third-order valence-corrected chi connectivity index (χ3v) is 5.06. The molecule has 0 bridgehead atoms. The van der Waals surface area contributed by atoms with Gasteiger partial charge in [-0.2, -0.15) is 0 Å². The van der Waals surface area contributed by atoms with E-state index in [1.165, 1.54) is 18.2 Å². The number of nitrogens with zero attached hydrogens (tertiary/aromatic N) is 4. The topological polar surface area (TPSA) is 95.4 Å². The Morgan fingerprint density at radius 1 is 1.37 bits per heavy atom. The van der Waals surface area contributed by atoms with Crippen molar-refractivity contribution in [1.82, 2.24) is 29.8 Å². The molecule has 3 heterocycles. The number of aromatic amines is 1. The van der Waals surface area contributed by atoms with Crippen molar-refractivity contribution in [2.24, 2.45) is 0 Å². The Kier molecular flexibility index (Phi) is 4.72. The smallest absolute Gasteiger partial charge is 0.293 e. The van der Waals surface area contributed by atoms with E-state index in [1.54, 1.807) is 10.6 Å². The number of aromatic nitrogens is 4. The number of hydrogen-bond donors (Lipinski definition) is 2. The fourth-order valence-corrected chi connectivity index (χ4v) is 3.64. The molecule has 0 aliphatic carbocycles. The first-order valence-corrected chi connectivity index (χ1v) is 9.10. The maximum Gasteiger partial charge on any atom is 0.293 e. The second-order valence-corrected chi connectivity index (χ2v) is 7.01. The maximum atomic E-state index is 12.6. The van der Waals surface area contributed by atoms with Gasteiger partial charge in [-0.3, -0.25) is 14.0 Å². The summed E-state index contributed by atoms with van der Waals surface area (Å²) in [5.41, 5.74) is 1.74. The minimum absolute atomic E-state index is 0.164. The van der Waals surface area contributed by atoms with Crippen LogP contribution in [0, 0.1) is 0 Å². The van der Waals surface area contributed by atoms with E-state index < -0.39 is 0 Å². The molecule has 8 heteroatoms. The van der Waals surface area contributed by atoms with Crippen molar-refractivity contribution < 1.29 is 4.79 Å². The van der Waals surface area contributed by atoms with Gasteiger partial charge in [0, 0.05) is 24.5 Å². The molecular weight excluding hydrogens is 344 g/mol. The van der Waals surface area contributed by atoms with E-state index in [0.717, 1.165) is 19.5 Å². The molecule has 1 unspecified atom stereocenters. The lowest BCUT2D eigenvalue weighted by Gasteiger charge is -2.30. The number of amides is 1. The predicted octanol–water partition coefficient (Wildman–Crippen LogP) is 1.16. The zero-order valence-corrected chi connectivity index (χ0v) is 15.2. The van der Waals surface area contributed by atoms with Crippen LogP contribution in [0.15, 0.2) is 41.5 Å². The van der Waals surface area contributed by atoms with Crippen molar-refractivity contribution in [2.75, 3.05) is 20.1 Å². The van der Waals surface area contributed by atoms with Gasteiger partial charge in [0.15, 0.2) is 5.82 Å². The highest BCUT2D eigenvalue weighted by Gasteiger charge is 2.20. The summed E-state index contributed by atoms with van der Waals surface area (Å²) in [6.07, 6.45) is 5.51. The molecule has 0 radical (unpaired) electrons. The lowest BCUT2D eigenvalue weighted by atomic mass is 9.90. The average molecular weight is 366 g/mol. The molecule has 0 spiro atoms. The third kappa shape index (κ3) is 3.61. The molecule has 8 nitrogen and oxygen atoms in total. The summed E-state index contributed by atoms with van der Waals surface area (Å²) in [5, 5.41) is 10.7. The fraction of sp³-hybridized carbons (Fsp3) is 0.368. The van der Waals surface area contributed by atoms with E-state index in [4.69, 9.17) is 0 Å². The molecule has 4 rings (SSSR count). The zero-order chi connectivity index (χ0) is 18.8. The van der Waals surface area contributed by atoms with Gasteiger partial charge in [-0.1, -0.05) is 12.1 Å². The molecule has 3 aromatic rings.